The zero-order valence-corrected chi connectivity index (χ0v) is 7.71. The smallest absolute Gasteiger partial charge is 0.173 e. The average Bonchev–Trinajstić information content (AvgIpc) is 2.76. The van der Waals surface area contributed by atoms with Gasteiger partial charge in [-0.2, -0.15) is 5.26 Å². The first kappa shape index (κ1) is 8.07. The molecule has 0 amide bonds. The van der Waals surface area contributed by atoms with Gasteiger partial charge in [-0.05, 0) is 18.3 Å². The summed E-state index contributed by atoms with van der Waals surface area (Å²) < 4.78 is 5.52. The summed E-state index contributed by atoms with van der Waals surface area (Å²) >= 11 is 0. The maximum atomic E-state index is 8.75. The molecule has 2 nitrogen and oxygen atoms in total. The molecular formula is C10H15NO. The van der Waals surface area contributed by atoms with Crippen molar-refractivity contribution in [2.45, 2.75) is 44.8 Å². The second-order valence-electron chi connectivity index (χ2n) is 4.24. The van der Waals surface area contributed by atoms with Crippen LogP contribution in [0, 0.1) is 23.2 Å². The SMILES string of the molecule is CC1CCCC2(OC2C#N)C1C. The Bertz CT molecular complexity index is 232. The van der Waals surface area contributed by atoms with E-state index >= 15 is 0 Å². The van der Waals surface area contributed by atoms with Gasteiger partial charge in [-0.25, -0.2) is 0 Å². The second-order valence-corrected chi connectivity index (χ2v) is 4.24. The van der Waals surface area contributed by atoms with Crippen LogP contribution in [0.4, 0.5) is 0 Å². The minimum absolute atomic E-state index is 0.0353. The summed E-state index contributed by atoms with van der Waals surface area (Å²) in [6.07, 6.45) is 3.51. The molecule has 1 aliphatic carbocycles. The third-order valence-electron chi connectivity index (χ3n) is 3.69. The van der Waals surface area contributed by atoms with Gasteiger partial charge in [-0.1, -0.05) is 26.7 Å². The number of ether oxygens (including phenoxy) is 1. The Balaban J connectivity index is 2.12. The van der Waals surface area contributed by atoms with E-state index in [1.165, 1.54) is 12.8 Å². The van der Waals surface area contributed by atoms with E-state index in [4.69, 9.17) is 10.00 Å². The number of nitriles is 1. The van der Waals surface area contributed by atoms with Gasteiger partial charge in [-0.15, -0.1) is 0 Å². The number of hydrogen-bond acceptors (Lipinski definition) is 2. The molecule has 1 saturated carbocycles. The molecule has 0 bridgehead atoms. The van der Waals surface area contributed by atoms with Gasteiger partial charge in [0.05, 0.1) is 6.07 Å². The van der Waals surface area contributed by atoms with Crippen LogP contribution >= 0.6 is 0 Å². The fourth-order valence-electron chi connectivity index (χ4n) is 2.52. The third kappa shape index (κ3) is 0.895. The lowest BCUT2D eigenvalue weighted by Crippen LogP contribution is -2.33. The Morgan fingerprint density at radius 3 is 2.83 bits per heavy atom. The lowest BCUT2D eigenvalue weighted by molar-refractivity contribution is 0.124. The van der Waals surface area contributed by atoms with Crippen LogP contribution < -0.4 is 0 Å². The summed E-state index contributed by atoms with van der Waals surface area (Å²) in [4.78, 5) is 0. The summed E-state index contributed by atoms with van der Waals surface area (Å²) in [6.45, 7) is 4.49. The molecule has 2 fully saturated rings. The number of rotatable bonds is 0. The molecular weight excluding hydrogens is 150 g/mol. The highest BCUT2D eigenvalue weighted by atomic mass is 16.6. The first-order valence-corrected chi connectivity index (χ1v) is 4.78. The highest BCUT2D eigenvalue weighted by molar-refractivity contribution is 5.17. The second kappa shape index (κ2) is 2.47. The van der Waals surface area contributed by atoms with Crippen molar-refractivity contribution in [1.82, 2.24) is 0 Å². The molecule has 1 heterocycles. The summed E-state index contributed by atoms with van der Waals surface area (Å²) in [7, 11) is 0. The first-order chi connectivity index (χ1) is 5.70. The Morgan fingerprint density at radius 2 is 2.25 bits per heavy atom. The van der Waals surface area contributed by atoms with Gasteiger partial charge >= 0.3 is 0 Å². The fraction of sp³-hybridized carbons (Fsp3) is 0.900. The lowest BCUT2D eigenvalue weighted by Gasteiger charge is -2.31. The van der Waals surface area contributed by atoms with Crippen molar-refractivity contribution in [3.05, 3.63) is 0 Å². The molecule has 0 aromatic rings. The molecule has 2 rings (SSSR count). The van der Waals surface area contributed by atoms with Crippen molar-refractivity contribution in [3.8, 4) is 6.07 Å². The molecule has 0 aromatic carbocycles. The highest BCUT2D eigenvalue weighted by Crippen LogP contribution is 2.53. The Hall–Kier alpha value is -0.550. The van der Waals surface area contributed by atoms with E-state index in [-0.39, 0.29) is 11.7 Å². The van der Waals surface area contributed by atoms with E-state index in [1.807, 2.05) is 0 Å². The van der Waals surface area contributed by atoms with Crippen LogP contribution in [-0.2, 0) is 4.74 Å². The van der Waals surface area contributed by atoms with E-state index in [9.17, 15) is 0 Å². The molecule has 1 aliphatic heterocycles. The average molecular weight is 165 g/mol. The van der Waals surface area contributed by atoms with Gasteiger partial charge in [-0.3, -0.25) is 0 Å². The first-order valence-electron chi connectivity index (χ1n) is 4.78. The summed E-state index contributed by atoms with van der Waals surface area (Å²) in [5, 5.41) is 8.75. The molecule has 66 valence electrons. The van der Waals surface area contributed by atoms with Crippen molar-refractivity contribution in [3.63, 3.8) is 0 Å². The van der Waals surface area contributed by atoms with Crippen LogP contribution in [0.3, 0.4) is 0 Å². The Kier molecular flexibility index (Phi) is 1.66. The molecule has 0 radical (unpaired) electrons. The standard InChI is InChI=1S/C10H15NO/c1-7-4-3-5-10(8(7)2)9(6-11)12-10/h7-9H,3-5H2,1-2H3. The molecule has 12 heavy (non-hydrogen) atoms. The van der Waals surface area contributed by atoms with E-state index in [2.05, 4.69) is 19.9 Å². The zero-order valence-electron chi connectivity index (χ0n) is 7.71. The minimum Gasteiger partial charge on any atom is -0.350 e. The van der Waals surface area contributed by atoms with E-state index in [0.29, 0.717) is 5.92 Å². The van der Waals surface area contributed by atoms with Crippen LogP contribution in [0.15, 0.2) is 0 Å². The van der Waals surface area contributed by atoms with Crippen molar-refractivity contribution >= 4 is 0 Å². The molecule has 4 unspecified atom stereocenters. The fourth-order valence-corrected chi connectivity index (χ4v) is 2.52. The quantitative estimate of drug-likeness (QED) is 0.515. The zero-order chi connectivity index (χ0) is 8.77. The van der Waals surface area contributed by atoms with Gasteiger partial charge < -0.3 is 4.74 Å². The molecule has 2 heteroatoms. The van der Waals surface area contributed by atoms with Crippen molar-refractivity contribution in [2.75, 3.05) is 0 Å². The van der Waals surface area contributed by atoms with Gasteiger partial charge in [0.15, 0.2) is 6.10 Å². The van der Waals surface area contributed by atoms with Crippen LogP contribution in [-0.4, -0.2) is 11.7 Å². The van der Waals surface area contributed by atoms with Gasteiger partial charge in [0.25, 0.3) is 0 Å². The molecule has 0 N–H and O–H groups in total. The number of nitrogens with zero attached hydrogens (tertiary/aromatic N) is 1. The topological polar surface area (TPSA) is 36.3 Å². The largest absolute Gasteiger partial charge is 0.350 e. The molecule has 2 aliphatic rings. The van der Waals surface area contributed by atoms with Gasteiger partial charge in [0, 0.05) is 0 Å². The lowest BCUT2D eigenvalue weighted by atomic mass is 9.72. The maximum absolute atomic E-state index is 8.75. The predicted molar refractivity (Wildman–Crippen MR) is 45.4 cm³/mol. The normalized spacial score (nSPS) is 51.9. The van der Waals surface area contributed by atoms with Crippen LogP contribution in [0.1, 0.15) is 33.1 Å². The van der Waals surface area contributed by atoms with E-state index in [0.717, 1.165) is 12.3 Å². The number of epoxide rings is 1. The van der Waals surface area contributed by atoms with Gasteiger partial charge in [0.1, 0.15) is 5.60 Å². The van der Waals surface area contributed by atoms with Crippen molar-refractivity contribution in [2.24, 2.45) is 11.8 Å². The van der Waals surface area contributed by atoms with Crippen LogP contribution in [0.2, 0.25) is 0 Å². The monoisotopic (exact) mass is 165 g/mol. The summed E-state index contributed by atoms with van der Waals surface area (Å²) in [5.74, 6) is 1.29. The number of hydrogen-bond donors (Lipinski definition) is 0. The molecule has 1 saturated heterocycles. The minimum atomic E-state index is -0.102. The summed E-state index contributed by atoms with van der Waals surface area (Å²) in [5.41, 5.74) is -0.0353. The van der Waals surface area contributed by atoms with E-state index in [1.54, 1.807) is 0 Å². The van der Waals surface area contributed by atoms with Crippen LogP contribution in [0.5, 0.6) is 0 Å². The summed E-state index contributed by atoms with van der Waals surface area (Å²) in [6, 6.07) is 2.23. The molecule has 0 aromatic heterocycles. The third-order valence-corrected chi connectivity index (χ3v) is 3.69. The van der Waals surface area contributed by atoms with Gasteiger partial charge in [0.2, 0.25) is 0 Å². The Labute approximate surface area is 73.5 Å². The predicted octanol–water partition coefficient (Wildman–Crippen LogP) is 2.10. The van der Waals surface area contributed by atoms with E-state index < -0.39 is 0 Å². The van der Waals surface area contributed by atoms with Crippen LogP contribution in [0.25, 0.3) is 0 Å². The Morgan fingerprint density at radius 1 is 1.50 bits per heavy atom. The van der Waals surface area contributed by atoms with Crippen molar-refractivity contribution in [1.29, 1.82) is 5.26 Å². The van der Waals surface area contributed by atoms with Crippen molar-refractivity contribution < 1.29 is 4.74 Å². The highest BCUT2D eigenvalue weighted by Gasteiger charge is 2.62. The molecule has 4 atom stereocenters. The maximum Gasteiger partial charge on any atom is 0.173 e. The molecule has 1 spiro atoms.